The molecule has 122 valence electrons. The summed E-state index contributed by atoms with van der Waals surface area (Å²) in [6, 6.07) is 5.20. The Hall–Kier alpha value is -1.95. The highest BCUT2D eigenvalue weighted by molar-refractivity contribution is 5.96. The average molecular weight is 327 g/mol. The summed E-state index contributed by atoms with van der Waals surface area (Å²) >= 11 is 0. The molecule has 0 spiro atoms. The van der Waals surface area contributed by atoms with E-state index in [1.165, 1.54) is 0 Å². The van der Waals surface area contributed by atoms with Crippen molar-refractivity contribution in [2.75, 3.05) is 25.4 Å². The lowest BCUT2D eigenvalue weighted by Crippen LogP contribution is -2.42. The fourth-order valence-electron chi connectivity index (χ4n) is 2.47. The van der Waals surface area contributed by atoms with Crippen molar-refractivity contribution in [3.63, 3.8) is 0 Å². The predicted octanol–water partition coefficient (Wildman–Crippen LogP) is 1.53. The predicted molar refractivity (Wildman–Crippen MR) is 89.4 cm³/mol. The molecule has 1 aromatic rings. The molecular formula is C15H23ClN4O2. The maximum Gasteiger partial charge on any atom is 0.317 e. The van der Waals surface area contributed by atoms with Gasteiger partial charge in [0.15, 0.2) is 0 Å². The Bertz CT molecular complexity index is 550. The number of aryl methyl sites for hydroxylation is 1. The lowest BCUT2D eigenvalue weighted by atomic mass is 10.1. The number of carbonyl (C=O) groups is 2. The van der Waals surface area contributed by atoms with E-state index in [1.54, 1.807) is 17.0 Å². The number of nitrogens with zero attached hydrogens (tertiary/aromatic N) is 1. The molecule has 1 heterocycles. The number of nitrogens with one attached hydrogen (secondary N) is 2. The number of hydrogen-bond acceptors (Lipinski definition) is 3. The molecule has 0 radical (unpaired) electrons. The minimum absolute atomic E-state index is 0. The number of hydrogen-bond donors (Lipinski definition) is 3. The first-order valence-corrected chi connectivity index (χ1v) is 7.21. The van der Waals surface area contributed by atoms with Gasteiger partial charge < -0.3 is 21.3 Å². The molecule has 22 heavy (non-hydrogen) atoms. The fourth-order valence-corrected chi connectivity index (χ4v) is 2.47. The molecule has 1 fully saturated rings. The number of rotatable bonds is 3. The van der Waals surface area contributed by atoms with Crippen molar-refractivity contribution in [3.05, 3.63) is 29.3 Å². The zero-order valence-corrected chi connectivity index (χ0v) is 13.7. The molecule has 4 N–H and O–H groups in total. The van der Waals surface area contributed by atoms with Crippen molar-refractivity contribution in [1.29, 1.82) is 0 Å². The van der Waals surface area contributed by atoms with Gasteiger partial charge in [-0.2, -0.15) is 0 Å². The summed E-state index contributed by atoms with van der Waals surface area (Å²) in [6.07, 6.45) is 0.768. The van der Waals surface area contributed by atoms with Gasteiger partial charge in [-0.1, -0.05) is 6.07 Å². The molecule has 6 nitrogen and oxygen atoms in total. The number of nitrogens with two attached hydrogens (primary N) is 1. The highest BCUT2D eigenvalue weighted by Crippen LogP contribution is 2.15. The van der Waals surface area contributed by atoms with Crippen LogP contribution in [0.3, 0.4) is 0 Å². The van der Waals surface area contributed by atoms with Crippen LogP contribution in [0.4, 0.5) is 10.5 Å². The molecule has 0 aliphatic carbocycles. The van der Waals surface area contributed by atoms with Crippen LogP contribution in [-0.2, 0) is 0 Å². The number of halogens is 1. The quantitative estimate of drug-likeness (QED) is 0.736. The highest BCUT2D eigenvalue weighted by atomic mass is 35.5. The number of urea groups is 1. The van der Waals surface area contributed by atoms with Crippen LogP contribution in [0, 0.1) is 6.92 Å². The molecule has 1 aromatic carbocycles. The largest absolute Gasteiger partial charge is 0.399 e. The van der Waals surface area contributed by atoms with Gasteiger partial charge in [-0.05, 0) is 38.0 Å². The molecule has 0 saturated carbocycles. The maximum atomic E-state index is 12.3. The number of anilines is 1. The van der Waals surface area contributed by atoms with Gasteiger partial charge in [0.2, 0.25) is 0 Å². The van der Waals surface area contributed by atoms with Gasteiger partial charge in [-0.15, -0.1) is 12.4 Å². The number of amides is 3. The zero-order chi connectivity index (χ0) is 15.4. The first kappa shape index (κ1) is 18.1. The highest BCUT2D eigenvalue weighted by Gasteiger charge is 2.27. The molecule has 7 heteroatoms. The second-order valence-electron chi connectivity index (χ2n) is 5.31. The van der Waals surface area contributed by atoms with Gasteiger partial charge in [0, 0.05) is 36.9 Å². The maximum absolute atomic E-state index is 12.3. The van der Waals surface area contributed by atoms with Crippen LogP contribution < -0.4 is 16.4 Å². The topological polar surface area (TPSA) is 87.5 Å². The summed E-state index contributed by atoms with van der Waals surface area (Å²) < 4.78 is 0. The van der Waals surface area contributed by atoms with E-state index in [-0.39, 0.29) is 30.4 Å². The third-order valence-corrected chi connectivity index (χ3v) is 3.64. The van der Waals surface area contributed by atoms with Crippen LogP contribution >= 0.6 is 12.4 Å². The molecule has 0 bridgehead atoms. The van der Waals surface area contributed by atoms with Crippen molar-refractivity contribution in [2.24, 2.45) is 0 Å². The second-order valence-corrected chi connectivity index (χ2v) is 5.31. The van der Waals surface area contributed by atoms with Crippen LogP contribution in [0.5, 0.6) is 0 Å². The zero-order valence-electron chi connectivity index (χ0n) is 12.9. The van der Waals surface area contributed by atoms with E-state index in [1.807, 2.05) is 19.9 Å². The molecule has 3 amide bonds. The van der Waals surface area contributed by atoms with E-state index >= 15 is 0 Å². The van der Waals surface area contributed by atoms with Crippen LogP contribution in [0.2, 0.25) is 0 Å². The smallest absolute Gasteiger partial charge is 0.317 e. The molecular weight excluding hydrogens is 304 g/mol. The monoisotopic (exact) mass is 326 g/mol. The Morgan fingerprint density at radius 1 is 1.41 bits per heavy atom. The first-order chi connectivity index (χ1) is 10.0. The van der Waals surface area contributed by atoms with Crippen molar-refractivity contribution < 1.29 is 9.59 Å². The van der Waals surface area contributed by atoms with E-state index < -0.39 is 0 Å². The molecule has 2 rings (SSSR count). The van der Waals surface area contributed by atoms with Crippen LogP contribution in [0.15, 0.2) is 18.2 Å². The fraction of sp³-hybridized carbons (Fsp3) is 0.467. The summed E-state index contributed by atoms with van der Waals surface area (Å²) in [5.41, 5.74) is 7.78. The van der Waals surface area contributed by atoms with Gasteiger partial charge in [-0.25, -0.2) is 4.79 Å². The second kappa shape index (κ2) is 7.89. The van der Waals surface area contributed by atoms with Gasteiger partial charge >= 0.3 is 6.03 Å². The van der Waals surface area contributed by atoms with Gasteiger partial charge in [0.05, 0.1) is 0 Å². The number of benzene rings is 1. The molecule has 0 aromatic heterocycles. The van der Waals surface area contributed by atoms with E-state index in [0.29, 0.717) is 30.9 Å². The first-order valence-electron chi connectivity index (χ1n) is 7.21. The third kappa shape index (κ3) is 4.27. The molecule has 1 saturated heterocycles. The Morgan fingerprint density at radius 2 is 2.14 bits per heavy atom. The summed E-state index contributed by atoms with van der Waals surface area (Å²) in [5.74, 6) is -0.137. The van der Waals surface area contributed by atoms with Gasteiger partial charge in [0.25, 0.3) is 5.91 Å². The molecule has 1 aliphatic heterocycles. The number of likely N-dealkylation sites (tertiary alicyclic amines) is 1. The van der Waals surface area contributed by atoms with Crippen LogP contribution in [0.25, 0.3) is 0 Å². The lowest BCUT2D eigenvalue weighted by molar-refractivity contribution is 0.0937. The van der Waals surface area contributed by atoms with E-state index in [4.69, 9.17) is 5.73 Å². The summed E-state index contributed by atoms with van der Waals surface area (Å²) in [5, 5.41) is 5.74. The third-order valence-electron chi connectivity index (χ3n) is 3.64. The minimum atomic E-state index is -0.137. The van der Waals surface area contributed by atoms with Crippen molar-refractivity contribution >= 4 is 30.0 Å². The molecule has 1 aliphatic rings. The van der Waals surface area contributed by atoms with Gasteiger partial charge in [-0.3, -0.25) is 4.79 Å². The average Bonchev–Trinajstić information content (AvgIpc) is 2.90. The van der Waals surface area contributed by atoms with Crippen LogP contribution in [-0.4, -0.2) is 42.5 Å². The summed E-state index contributed by atoms with van der Waals surface area (Å²) in [6.45, 7) is 5.57. The van der Waals surface area contributed by atoms with Crippen molar-refractivity contribution in [3.8, 4) is 0 Å². The Kier molecular flexibility index (Phi) is 6.49. The molecule has 1 atom stereocenters. The van der Waals surface area contributed by atoms with Crippen LogP contribution in [0.1, 0.15) is 29.3 Å². The van der Waals surface area contributed by atoms with Crippen molar-refractivity contribution in [1.82, 2.24) is 15.5 Å². The van der Waals surface area contributed by atoms with E-state index in [9.17, 15) is 9.59 Å². The summed E-state index contributed by atoms with van der Waals surface area (Å²) in [4.78, 5) is 25.7. The van der Waals surface area contributed by atoms with E-state index in [2.05, 4.69) is 10.6 Å². The molecule has 1 unspecified atom stereocenters. The van der Waals surface area contributed by atoms with E-state index in [0.717, 1.165) is 12.0 Å². The number of carbonyl (C=O) groups excluding carboxylic acids is 2. The minimum Gasteiger partial charge on any atom is -0.399 e. The Labute approximate surface area is 136 Å². The lowest BCUT2D eigenvalue weighted by Gasteiger charge is -2.17. The van der Waals surface area contributed by atoms with Crippen molar-refractivity contribution in [2.45, 2.75) is 26.3 Å². The standard InChI is InChI=1S/C15H22N4O2.ClH/c1-3-17-15(21)19-7-6-12(9-19)18-14(20)13-8-11(16)5-4-10(13)2;/h4-5,8,12H,3,6-7,9,16H2,1-2H3,(H,17,21)(H,18,20);1H. The summed E-state index contributed by atoms with van der Waals surface area (Å²) in [7, 11) is 0. The van der Waals surface area contributed by atoms with Gasteiger partial charge in [0.1, 0.15) is 0 Å². The SMILES string of the molecule is CCNC(=O)N1CCC(NC(=O)c2cc(N)ccc2C)C1.Cl. The normalized spacial score (nSPS) is 16.8. The number of nitrogen functional groups attached to an aromatic ring is 1. The Balaban J connectivity index is 0.00000242. The Morgan fingerprint density at radius 3 is 2.82 bits per heavy atom.